The Morgan fingerprint density at radius 3 is 2.43 bits per heavy atom. The highest BCUT2D eigenvalue weighted by molar-refractivity contribution is 7.25. The lowest BCUT2D eigenvalue weighted by Gasteiger charge is -2.02. The van der Waals surface area contributed by atoms with Crippen molar-refractivity contribution in [1.82, 2.24) is 15.0 Å². The SMILES string of the molecule is c1ccc2cc(-c3cc4sc5ccncc5c4cn3)ncc2c1. The molecule has 0 spiro atoms. The van der Waals surface area contributed by atoms with Gasteiger partial charge in [-0.25, -0.2) is 0 Å². The molecule has 0 unspecified atom stereocenters. The Morgan fingerprint density at radius 1 is 0.696 bits per heavy atom. The van der Waals surface area contributed by atoms with E-state index in [1.807, 2.05) is 43.0 Å². The Hall–Kier alpha value is -2.85. The third-order valence-corrected chi connectivity index (χ3v) is 5.18. The largest absolute Gasteiger partial charge is 0.264 e. The number of benzene rings is 1. The van der Waals surface area contributed by atoms with E-state index in [0.717, 1.165) is 27.5 Å². The minimum atomic E-state index is 0.904. The number of thiophene rings is 1. The van der Waals surface area contributed by atoms with Gasteiger partial charge in [-0.2, -0.15) is 0 Å². The molecule has 0 radical (unpaired) electrons. The zero-order valence-corrected chi connectivity index (χ0v) is 12.9. The van der Waals surface area contributed by atoms with Gasteiger partial charge < -0.3 is 0 Å². The van der Waals surface area contributed by atoms with Gasteiger partial charge in [0.2, 0.25) is 0 Å². The smallest absolute Gasteiger partial charge is 0.0900 e. The van der Waals surface area contributed by atoms with Crippen LogP contribution in [-0.2, 0) is 0 Å². The zero-order chi connectivity index (χ0) is 15.2. The molecule has 5 rings (SSSR count). The number of rotatable bonds is 1. The van der Waals surface area contributed by atoms with E-state index in [9.17, 15) is 0 Å². The molecule has 0 saturated carbocycles. The summed E-state index contributed by atoms with van der Waals surface area (Å²) in [7, 11) is 0. The van der Waals surface area contributed by atoms with Gasteiger partial charge in [-0.1, -0.05) is 24.3 Å². The van der Waals surface area contributed by atoms with Crippen LogP contribution in [0.1, 0.15) is 0 Å². The van der Waals surface area contributed by atoms with Crippen molar-refractivity contribution in [3.8, 4) is 11.4 Å². The molecule has 0 atom stereocenters. The quantitative estimate of drug-likeness (QED) is 0.434. The van der Waals surface area contributed by atoms with Gasteiger partial charge in [-0.15, -0.1) is 11.3 Å². The van der Waals surface area contributed by atoms with Crippen LogP contribution in [0.15, 0.2) is 67.3 Å². The Kier molecular flexibility index (Phi) is 2.66. The fourth-order valence-corrected chi connectivity index (χ4v) is 3.96. The standard InChI is InChI=1S/C19H11N3S/c1-2-4-13-9-21-16(7-12(13)3-1)17-8-19-15(11-22-17)14-10-20-6-5-18(14)23-19/h1-11H. The second-order valence-corrected chi connectivity index (χ2v) is 6.54. The summed E-state index contributed by atoms with van der Waals surface area (Å²) in [5.74, 6) is 0. The molecule has 5 aromatic rings. The van der Waals surface area contributed by atoms with Crippen LogP contribution in [-0.4, -0.2) is 15.0 Å². The Labute approximate surface area is 136 Å². The van der Waals surface area contributed by atoms with Crippen molar-refractivity contribution < 1.29 is 0 Å². The van der Waals surface area contributed by atoms with Crippen molar-refractivity contribution in [2.24, 2.45) is 0 Å². The average Bonchev–Trinajstić information content (AvgIpc) is 2.99. The van der Waals surface area contributed by atoms with Crippen molar-refractivity contribution in [2.45, 2.75) is 0 Å². The third-order valence-electron chi connectivity index (χ3n) is 4.05. The molecule has 23 heavy (non-hydrogen) atoms. The van der Waals surface area contributed by atoms with Crippen molar-refractivity contribution in [3.05, 3.63) is 67.3 Å². The molecular formula is C19H11N3S. The fraction of sp³-hybridized carbons (Fsp3) is 0. The summed E-state index contributed by atoms with van der Waals surface area (Å²) in [5.41, 5.74) is 1.81. The first-order valence-electron chi connectivity index (χ1n) is 7.36. The number of pyridine rings is 3. The Balaban J connectivity index is 1.73. The summed E-state index contributed by atoms with van der Waals surface area (Å²) in [5, 5.41) is 4.64. The molecular weight excluding hydrogens is 302 g/mol. The van der Waals surface area contributed by atoms with Gasteiger partial charge in [0.05, 0.1) is 11.4 Å². The monoisotopic (exact) mass is 313 g/mol. The summed E-state index contributed by atoms with van der Waals surface area (Å²) in [6, 6.07) is 14.5. The van der Waals surface area contributed by atoms with E-state index >= 15 is 0 Å². The predicted octanol–water partition coefficient (Wildman–Crippen LogP) is 5.06. The number of aromatic nitrogens is 3. The van der Waals surface area contributed by atoms with E-state index < -0.39 is 0 Å². The topological polar surface area (TPSA) is 38.7 Å². The van der Waals surface area contributed by atoms with E-state index in [4.69, 9.17) is 0 Å². The van der Waals surface area contributed by atoms with Crippen LogP contribution in [0.25, 0.3) is 42.3 Å². The van der Waals surface area contributed by atoms with E-state index in [1.165, 1.54) is 14.8 Å². The van der Waals surface area contributed by atoms with E-state index in [1.54, 1.807) is 11.3 Å². The van der Waals surface area contributed by atoms with E-state index in [0.29, 0.717) is 0 Å². The van der Waals surface area contributed by atoms with Gasteiger partial charge in [0, 0.05) is 50.3 Å². The highest BCUT2D eigenvalue weighted by Gasteiger charge is 2.09. The number of nitrogens with zero attached hydrogens (tertiary/aromatic N) is 3. The molecule has 4 heteroatoms. The highest BCUT2D eigenvalue weighted by Crippen LogP contribution is 2.34. The van der Waals surface area contributed by atoms with Crippen LogP contribution in [0, 0.1) is 0 Å². The van der Waals surface area contributed by atoms with Crippen molar-refractivity contribution in [3.63, 3.8) is 0 Å². The lowest BCUT2D eigenvalue weighted by Crippen LogP contribution is -1.87. The maximum atomic E-state index is 4.62. The molecule has 0 saturated heterocycles. The average molecular weight is 313 g/mol. The van der Waals surface area contributed by atoms with E-state index in [-0.39, 0.29) is 0 Å². The molecule has 0 N–H and O–H groups in total. The lowest BCUT2D eigenvalue weighted by atomic mass is 10.1. The number of hydrogen-bond donors (Lipinski definition) is 0. The first kappa shape index (κ1) is 12.7. The summed E-state index contributed by atoms with van der Waals surface area (Å²) in [6.45, 7) is 0. The van der Waals surface area contributed by atoms with Crippen molar-refractivity contribution in [2.75, 3.05) is 0 Å². The summed E-state index contributed by atoms with van der Waals surface area (Å²) < 4.78 is 2.45. The molecule has 1 aromatic carbocycles. The van der Waals surface area contributed by atoms with Crippen LogP contribution in [0.3, 0.4) is 0 Å². The fourth-order valence-electron chi connectivity index (χ4n) is 2.88. The van der Waals surface area contributed by atoms with E-state index in [2.05, 4.69) is 39.2 Å². The molecule has 0 aliphatic rings. The molecule has 0 bridgehead atoms. The predicted molar refractivity (Wildman–Crippen MR) is 95.7 cm³/mol. The summed E-state index contributed by atoms with van der Waals surface area (Å²) in [6.07, 6.45) is 7.58. The molecule has 0 aliphatic carbocycles. The second-order valence-electron chi connectivity index (χ2n) is 5.46. The van der Waals surface area contributed by atoms with Crippen molar-refractivity contribution >= 4 is 42.3 Å². The third kappa shape index (κ3) is 1.99. The maximum absolute atomic E-state index is 4.62. The zero-order valence-electron chi connectivity index (χ0n) is 12.1. The summed E-state index contributed by atoms with van der Waals surface area (Å²) in [4.78, 5) is 13.4. The number of fused-ring (bicyclic) bond motifs is 4. The Bertz CT molecular complexity index is 1180. The molecule has 0 fully saturated rings. The minimum Gasteiger partial charge on any atom is -0.264 e. The molecule has 0 amide bonds. The van der Waals surface area contributed by atoms with Gasteiger partial charge >= 0.3 is 0 Å². The van der Waals surface area contributed by atoms with Crippen LogP contribution in [0.2, 0.25) is 0 Å². The lowest BCUT2D eigenvalue weighted by molar-refractivity contribution is 1.28. The van der Waals surface area contributed by atoms with Gasteiger partial charge in [0.15, 0.2) is 0 Å². The number of hydrogen-bond acceptors (Lipinski definition) is 4. The van der Waals surface area contributed by atoms with Crippen LogP contribution < -0.4 is 0 Å². The molecule has 108 valence electrons. The van der Waals surface area contributed by atoms with Gasteiger partial charge in [0.25, 0.3) is 0 Å². The maximum Gasteiger partial charge on any atom is 0.0900 e. The van der Waals surface area contributed by atoms with Gasteiger partial charge in [0.1, 0.15) is 0 Å². The van der Waals surface area contributed by atoms with Crippen molar-refractivity contribution in [1.29, 1.82) is 0 Å². The van der Waals surface area contributed by atoms with Gasteiger partial charge in [-0.05, 0) is 23.6 Å². The van der Waals surface area contributed by atoms with Gasteiger partial charge in [-0.3, -0.25) is 15.0 Å². The first-order valence-corrected chi connectivity index (χ1v) is 8.17. The molecule has 4 heterocycles. The van der Waals surface area contributed by atoms with Crippen LogP contribution in [0.4, 0.5) is 0 Å². The highest BCUT2D eigenvalue weighted by atomic mass is 32.1. The molecule has 0 aliphatic heterocycles. The first-order chi connectivity index (χ1) is 11.4. The Morgan fingerprint density at radius 2 is 1.48 bits per heavy atom. The molecule has 3 nitrogen and oxygen atoms in total. The normalized spacial score (nSPS) is 11.5. The second kappa shape index (κ2) is 4.83. The van der Waals surface area contributed by atoms with Crippen LogP contribution in [0.5, 0.6) is 0 Å². The minimum absolute atomic E-state index is 0.904. The van der Waals surface area contributed by atoms with Crippen LogP contribution >= 0.6 is 11.3 Å². The molecule has 4 aromatic heterocycles. The summed E-state index contributed by atoms with van der Waals surface area (Å²) >= 11 is 1.77.